The molecule has 0 bridgehead atoms. The molecule has 2 rings (SSSR count). The molecule has 2 aromatic carbocycles. The number of nitrogens with zero attached hydrogens (tertiary/aromatic N) is 2. The van der Waals surface area contributed by atoms with E-state index >= 15 is 0 Å². The number of amides is 2. The van der Waals surface area contributed by atoms with Crippen molar-refractivity contribution in [2.24, 2.45) is 0 Å². The molecule has 0 aliphatic carbocycles. The molecule has 0 radical (unpaired) electrons. The molecule has 2 aromatic rings. The summed E-state index contributed by atoms with van der Waals surface area (Å²) in [4.78, 5) is 27.7. The fourth-order valence-electron chi connectivity index (χ4n) is 3.38. The molecular weight excluding hydrogens is 504 g/mol. The lowest BCUT2D eigenvalue weighted by atomic mass is 10.1. The van der Waals surface area contributed by atoms with Crippen LogP contribution >= 0.6 is 23.2 Å². The van der Waals surface area contributed by atoms with Crippen LogP contribution < -0.4 is 9.62 Å². The Morgan fingerprint density at radius 1 is 1.09 bits per heavy atom. The topological polar surface area (TPSA) is 86.8 Å². The Balaban J connectivity index is 2.48. The normalized spacial score (nSPS) is 12.4. The first-order chi connectivity index (χ1) is 15.8. The zero-order valence-electron chi connectivity index (χ0n) is 19.4. The minimum Gasteiger partial charge on any atom is -0.352 e. The van der Waals surface area contributed by atoms with Gasteiger partial charge in [0.05, 0.1) is 22.0 Å². The number of benzene rings is 2. The van der Waals surface area contributed by atoms with Crippen molar-refractivity contribution in [2.75, 3.05) is 17.1 Å². The Morgan fingerprint density at radius 3 is 2.26 bits per heavy atom. The molecule has 0 aliphatic rings. The SMILES string of the molecule is CC[C@@H](C(=O)NC(C)C)N(Cc1ccc(Cl)c(Cl)c1)C(=O)CN(c1ccccc1F)S(C)(=O)=O. The molecule has 0 saturated heterocycles. The van der Waals surface area contributed by atoms with Gasteiger partial charge in [-0.05, 0) is 50.1 Å². The molecule has 0 unspecified atom stereocenters. The molecule has 0 aliphatic heterocycles. The third kappa shape index (κ3) is 7.32. The summed E-state index contributed by atoms with van der Waals surface area (Å²) < 4.78 is 40.1. The van der Waals surface area contributed by atoms with Gasteiger partial charge < -0.3 is 10.2 Å². The van der Waals surface area contributed by atoms with Gasteiger partial charge in [-0.15, -0.1) is 0 Å². The fraction of sp³-hybridized carbons (Fsp3) is 0.391. The van der Waals surface area contributed by atoms with Crippen LogP contribution in [0.4, 0.5) is 10.1 Å². The molecule has 0 saturated carbocycles. The summed E-state index contributed by atoms with van der Waals surface area (Å²) in [5.74, 6) is -1.85. The molecule has 2 amide bonds. The second-order valence-electron chi connectivity index (χ2n) is 8.08. The van der Waals surface area contributed by atoms with Gasteiger partial charge in [-0.1, -0.05) is 48.3 Å². The first-order valence-electron chi connectivity index (χ1n) is 10.6. The van der Waals surface area contributed by atoms with Gasteiger partial charge in [0.15, 0.2) is 0 Å². The van der Waals surface area contributed by atoms with Gasteiger partial charge in [-0.3, -0.25) is 13.9 Å². The molecule has 34 heavy (non-hydrogen) atoms. The number of carbonyl (C=O) groups is 2. The minimum atomic E-state index is -4.02. The summed E-state index contributed by atoms with van der Waals surface area (Å²) in [6, 6.07) is 9.00. The summed E-state index contributed by atoms with van der Waals surface area (Å²) >= 11 is 12.1. The maximum Gasteiger partial charge on any atom is 0.244 e. The number of sulfonamides is 1. The van der Waals surface area contributed by atoms with Crippen LogP contribution in [0.2, 0.25) is 10.0 Å². The number of hydrogen-bond acceptors (Lipinski definition) is 4. The molecule has 0 heterocycles. The third-order valence-corrected chi connectivity index (χ3v) is 6.82. The third-order valence-electron chi connectivity index (χ3n) is 4.95. The van der Waals surface area contributed by atoms with Crippen LogP contribution in [-0.4, -0.2) is 50.0 Å². The summed E-state index contributed by atoms with van der Waals surface area (Å²) in [6.07, 6.45) is 1.16. The lowest BCUT2D eigenvalue weighted by Crippen LogP contribution is -2.53. The van der Waals surface area contributed by atoms with Crippen molar-refractivity contribution in [1.29, 1.82) is 0 Å². The molecule has 0 fully saturated rings. The smallest absolute Gasteiger partial charge is 0.244 e. The summed E-state index contributed by atoms with van der Waals surface area (Å²) in [7, 11) is -4.02. The standard InChI is InChI=1S/C23H28Cl2FN3O4S/c1-5-20(23(31)27-15(2)3)28(13-16-10-11-17(24)18(25)12-16)22(30)14-29(34(4,32)33)21-9-7-6-8-19(21)26/h6-12,15,20H,5,13-14H2,1-4H3,(H,27,31)/t20-/m0/s1. The van der Waals surface area contributed by atoms with Crippen molar-refractivity contribution < 1.29 is 22.4 Å². The highest BCUT2D eigenvalue weighted by Crippen LogP contribution is 2.25. The van der Waals surface area contributed by atoms with Gasteiger partial charge in [-0.25, -0.2) is 12.8 Å². The van der Waals surface area contributed by atoms with E-state index < -0.39 is 34.3 Å². The Morgan fingerprint density at radius 2 is 1.74 bits per heavy atom. The van der Waals surface area contributed by atoms with Crippen LogP contribution in [0, 0.1) is 5.82 Å². The van der Waals surface area contributed by atoms with Crippen LogP contribution in [0.25, 0.3) is 0 Å². The maximum absolute atomic E-state index is 14.4. The Bertz CT molecular complexity index is 1140. The Kier molecular flexibility index (Phi) is 9.73. The zero-order chi connectivity index (χ0) is 25.6. The van der Waals surface area contributed by atoms with Crippen LogP contribution in [0.5, 0.6) is 0 Å². The first kappa shape index (κ1) is 27.9. The molecule has 7 nitrogen and oxygen atoms in total. The van der Waals surface area contributed by atoms with E-state index in [1.807, 2.05) is 0 Å². The Hall–Kier alpha value is -2.36. The average Bonchev–Trinajstić information content (AvgIpc) is 2.73. The fourth-order valence-corrected chi connectivity index (χ4v) is 4.55. The summed E-state index contributed by atoms with van der Waals surface area (Å²) in [5.41, 5.74) is 0.336. The quantitative estimate of drug-likeness (QED) is 0.496. The van der Waals surface area contributed by atoms with E-state index in [1.165, 1.54) is 23.1 Å². The van der Waals surface area contributed by atoms with Gasteiger partial charge in [-0.2, -0.15) is 0 Å². The number of carbonyl (C=O) groups excluding carboxylic acids is 2. The van der Waals surface area contributed by atoms with Gasteiger partial charge in [0.1, 0.15) is 18.4 Å². The van der Waals surface area contributed by atoms with Crippen molar-refractivity contribution in [2.45, 2.75) is 45.8 Å². The van der Waals surface area contributed by atoms with Gasteiger partial charge in [0.2, 0.25) is 21.8 Å². The highest BCUT2D eigenvalue weighted by atomic mass is 35.5. The largest absolute Gasteiger partial charge is 0.352 e. The molecule has 0 aromatic heterocycles. The predicted molar refractivity (Wildman–Crippen MR) is 133 cm³/mol. The van der Waals surface area contributed by atoms with Crippen molar-refractivity contribution in [3.63, 3.8) is 0 Å². The van der Waals surface area contributed by atoms with E-state index in [0.717, 1.165) is 12.3 Å². The van der Waals surface area contributed by atoms with Gasteiger partial charge in [0, 0.05) is 12.6 Å². The second-order valence-corrected chi connectivity index (χ2v) is 10.8. The van der Waals surface area contributed by atoms with E-state index in [0.29, 0.717) is 14.9 Å². The molecule has 186 valence electrons. The van der Waals surface area contributed by atoms with Crippen molar-refractivity contribution in [3.05, 3.63) is 63.9 Å². The molecule has 0 spiro atoms. The molecule has 1 atom stereocenters. The zero-order valence-corrected chi connectivity index (χ0v) is 21.7. The highest BCUT2D eigenvalue weighted by Gasteiger charge is 2.32. The maximum atomic E-state index is 14.4. The van der Waals surface area contributed by atoms with Crippen molar-refractivity contribution in [3.8, 4) is 0 Å². The lowest BCUT2D eigenvalue weighted by Gasteiger charge is -2.33. The minimum absolute atomic E-state index is 0.0331. The number of hydrogen-bond donors (Lipinski definition) is 1. The number of rotatable bonds is 10. The van der Waals surface area contributed by atoms with E-state index in [2.05, 4.69) is 5.32 Å². The van der Waals surface area contributed by atoms with E-state index in [1.54, 1.807) is 39.0 Å². The molecule has 11 heteroatoms. The predicted octanol–water partition coefficient (Wildman–Crippen LogP) is 4.23. The van der Waals surface area contributed by atoms with Crippen LogP contribution in [-0.2, 0) is 26.2 Å². The summed E-state index contributed by atoms with van der Waals surface area (Å²) in [5, 5.41) is 3.39. The second kappa shape index (κ2) is 11.9. The lowest BCUT2D eigenvalue weighted by molar-refractivity contribution is -0.140. The van der Waals surface area contributed by atoms with Crippen molar-refractivity contribution in [1.82, 2.24) is 10.2 Å². The van der Waals surface area contributed by atoms with Gasteiger partial charge in [0.25, 0.3) is 0 Å². The van der Waals surface area contributed by atoms with Crippen LogP contribution in [0.15, 0.2) is 42.5 Å². The first-order valence-corrected chi connectivity index (χ1v) is 13.2. The van der Waals surface area contributed by atoms with Crippen LogP contribution in [0.3, 0.4) is 0 Å². The number of halogens is 3. The van der Waals surface area contributed by atoms with E-state index in [9.17, 15) is 22.4 Å². The van der Waals surface area contributed by atoms with Crippen molar-refractivity contribution >= 4 is 50.7 Å². The number of para-hydroxylation sites is 1. The highest BCUT2D eigenvalue weighted by molar-refractivity contribution is 7.92. The van der Waals surface area contributed by atoms with Gasteiger partial charge >= 0.3 is 0 Å². The van der Waals surface area contributed by atoms with E-state index in [-0.39, 0.29) is 35.6 Å². The number of nitrogens with one attached hydrogen (secondary N) is 1. The summed E-state index contributed by atoms with van der Waals surface area (Å²) in [6.45, 7) is 4.60. The molecule has 1 N–H and O–H groups in total. The average molecular weight is 532 g/mol. The van der Waals surface area contributed by atoms with Crippen LogP contribution in [0.1, 0.15) is 32.8 Å². The number of anilines is 1. The Labute approximate surface area is 209 Å². The monoisotopic (exact) mass is 531 g/mol. The van der Waals surface area contributed by atoms with E-state index in [4.69, 9.17) is 23.2 Å². The molecular formula is C23H28Cl2FN3O4S.